The van der Waals surface area contributed by atoms with Crippen molar-refractivity contribution in [2.75, 3.05) is 0 Å². The molecule has 0 saturated carbocycles. The van der Waals surface area contributed by atoms with Crippen LogP contribution in [0.25, 0.3) is 27.7 Å². The summed E-state index contributed by atoms with van der Waals surface area (Å²) in [6.45, 7) is 0. The number of fused-ring (bicyclic) bond motifs is 1. The fraction of sp³-hybridized carbons (Fsp3) is 0. The minimum Gasteiger partial charge on any atom is -0.264 e. The maximum atomic E-state index is 4.52. The summed E-state index contributed by atoms with van der Waals surface area (Å²) >= 11 is 3.55. The lowest BCUT2D eigenvalue weighted by Crippen LogP contribution is -1.99. The summed E-state index contributed by atoms with van der Waals surface area (Å²) < 4.78 is 2.78. The predicted octanol–water partition coefficient (Wildman–Crippen LogP) is 4.25. The molecule has 106 valence electrons. The van der Waals surface area contributed by atoms with E-state index in [1.54, 1.807) is 10.9 Å². The second-order valence-corrected chi connectivity index (χ2v) is 5.74. The molecule has 4 aromatic rings. The van der Waals surface area contributed by atoms with Gasteiger partial charge in [-0.1, -0.05) is 30.3 Å². The molecule has 5 heteroatoms. The molecule has 0 aliphatic heterocycles. The molecule has 0 atom stereocenters. The van der Waals surface area contributed by atoms with E-state index in [2.05, 4.69) is 37.1 Å². The van der Waals surface area contributed by atoms with Crippen molar-refractivity contribution in [1.29, 1.82) is 0 Å². The first-order valence-corrected chi connectivity index (χ1v) is 7.61. The van der Waals surface area contributed by atoms with Crippen molar-refractivity contribution in [2.45, 2.75) is 0 Å². The van der Waals surface area contributed by atoms with Gasteiger partial charge in [0.25, 0.3) is 0 Å². The first-order chi connectivity index (χ1) is 10.8. The molecule has 0 spiro atoms. The van der Waals surface area contributed by atoms with Gasteiger partial charge in [0.2, 0.25) is 0 Å². The predicted molar refractivity (Wildman–Crippen MR) is 89.8 cm³/mol. The number of nitrogens with zero attached hydrogens (tertiary/aromatic N) is 4. The average molecular weight is 351 g/mol. The fourth-order valence-corrected chi connectivity index (χ4v) is 2.90. The number of rotatable bonds is 2. The van der Waals surface area contributed by atoms with Crippen LogP contribution in [0.1, 0.15) is 0 Å². The van der Waals surface area contributed by atoms with Gasteiger partial charge in [-0.05, 0) is 22.0 Å². The van der Waals surface area contributed by atoms with E-state index in [0.717, 1.165) is 32.2 Å². The Kier molecular flexibility index (Phi) is 3.20. The summed E-state index contributed by atoms with van der Waals surface area (Å²) in [6, 6.07) is 12.1. The monoisotopic (exact) mass is 350 g/mol. The van der Waals surface area contributed by atoms with E-state index < -0.39 is 0 Å². The van der Waals surface area contributed by atoms with Crippen LogP contribution in [0.2, 0.25) is 0 Å². The Hall–Kier alpha value is -2.53. The Balaban J connectivity index is 1.87. The Morgan fingerprint density at radius 2 is 1.73 bits per heavy atom. The number of pyridine rings is 2. The first kappa shape index (κ1) is 13.2. The van der Waals surface area contributed by atoms with Crippen LogP contribution in [-0.2, 0) is 0 Å². The van der Waals surface area contributed by atoms with Crippen molar-refractivity contribution in [2.24, 2.45) is 0 Å². The maximum Gasteiger partial charge on any atom is 0.161 e. The van der Waals surface area contributed by atoms with Gasteiger partial charge in [0.1, 0.15) is 0 Å². The minimum absolute atomic E-state index is 0.814. The number of hydrogen-bond donors (Lipinski definition) is 0. The van der Waals surface area contributed by atoms with Crippen LogP contribution in [0.15, 0.2) is 71.9 Å². The quantitative estimate of drug-likeness (QED) is 0.542. The molecule has 0 radical (unpaired) electrons. The molecule has 0 unspecified atom stereocenters. The smallest absolute Gasteiger partial charge is 0.161 e. The molecule has 3 heterocycles. The van der Waals surface area contributed by atoms with Gasteiger partial charge >= 0.3 is 0 Å². The van der Waals surface area contributed by atoms with E-state index in [1.807, 2.05) is 55.1 Å². The molecule has 0 aliphatic carbocycles. The van der Waals surface area contributed by atoms with Crippen molar-refractivity contribution < 1.29 is 0 Å². The lowest BCUT2D eigenvalue weighted by molar-refractivity contribution is 0.855. The van der Waals surface area contributed by atoms with Crippen molar-refractivity contribution in [3.8, 4) is 16.9 Å². The molecule has 3 aromatic heterocycles. The summed E-state index contributed by atoms with van der Waals surface area (Å²) in [6.07, 6.45) is 9.20. The summed E-state index contributed by atoms with van der Waals surface area (Å²) in [5, 5.41) is 6.62. The molecule has 0 saturated heterocycles. The largest absolute Gasteiger partial charge is 0.264 e. The Morgan fingerprint density at radius 1 is 0.864 bits per heavy atom. The van der Waals surface area contributed by atoms with Crippen LogP contribution in [0.4, 0.5) is 0 Å². The third-order valence-electron chi connectivity index (χ3n) is 3.52. The van der Waals surface area contributed by atoms with E-state index in [4.69, 9.17) is 0 Å². The Labute approximate surface area is 135 Å². The highest BCUT2D eigenvalue weighted by atomic mass is 79.9. The molecule has 22 heavy (non-hydrogen) atoms. The van der Waals surface area contributed by atoms with Crippen LogP contribution < -0.4 is 0 Å². The van der Waals surface area contributed by atoms with Crippen LogP contribution in [0.3, 0.4) is 0 Å². The van der Waals surface area contributed by atoms with E-state index >= 15 is 0 Å². The minimum atomic E-state index is 0.814. The Bertz CT molecular complexity index is 947. The van der Waals surface area contributed by atoms with E-state index in [1.165, 1.54) is 0 Å². The van der Waals surface area contributed by atoms with E-state index in [-0.39, 0.29) is 0 Å². The first-order valence-electron chi connectivity index (χ1n) is 6.81. The van der Waals surface area contributed by atoms with Crippen LogP contribution in [0, 0.1) is 0 Å². The lowest BCUT2D eigenvalue weighted by atomic mass is 10.1. The molecule has 0 N–H and O–H groups in total. The zero-order valence-corrected chi connectivity index (χ0v) is 13.1. The zero-order chi connectivity index (χ0) is 14.9. The highest BCUT2D eigenvalue weighted by Gasteiger charge is 2.09. The molecule has 0 aliphatic rings. The molecular weight excluding hydrogens is 340 g/mol. The second kappa shape index (κ2) is 5.35. The topological polar surface area (TPSA) is 43.6 Å². The number of hydrogen-bond acceptors (Lipinski definition) is 3. The average Bonchev–Trinajstić information content (AvgIpc) is 3.06. The third kappa shape index (κ3) is 2.19. The van der Waals surface area contributed by atoms with Crippen molar-refractivity contribution >= 4 is 26.7 Å². The van der Waals surface area contributed by atoms with E-state index in [0.29, 0.717) is 0 Å². The SMILES string of the molecule is Brc1cnc(-n2cc(-c3cccnc3)cn2)c2ccccc12. The molecule has 0 fully saturated rings. The molecule has 1 aromatic carbocycles. The number of halogens is 1. The molecule has 4 nitrogen and oxygen atoms in total. The lowest BCUT2D eigenvalue weighted by Gasteiger charge is -2.06. The van der Waals surface area contributed by atoms with Crippen molar-refractivity contribution in [3.63, 3.8) is 0 Å². The Morgan fingerprint density at radius 3 is 2.55 bits per heavy atom. The van der Waals surface area contributed by atoms with Crippen molar-refractivity contribution in [1.82, 2.24) is 19.7 Å². The van der Waals surface area contributed by atoms with Gasteiger partial charge in [0.15, 0.2) is 5.82 Å². The van der Waals surface area contributed by atoms with Gasteiger partial charge in [-0.15, -0.1) is 0 Å². The molecule has 0 bridgehead atoms. The highest BCUT2D eigenvalue weighted by molar-refractivity contribution is 9.10. The molecule has 4 rings (SSSR count). The fourth-order valence-electron chi connectivity index (χ4n) is 2.45. The summed E-state index contributed by atoms with van der Waals surface area (Å²) in [7, 11) is 0. The van der Waals surface area contributed by atoms with Crippen molar-refractivity contribution in [3.05, 3.63) is 71.9 Å². The standard InChI is InChI=1S/C17H11BrN4/c18-16-10-20-17(15-6-2-1-5-14(15)16)22-11-13(9-21-22)12-4-3-7-19-8-12/h1-11H. The van der Waals surface area contributed by atoms with Gasteiger partial charge in [-0.2, -0.15) is 5.10 Å². The van der Waals surface area contributed by atoms with Crippen LogP contribution >= 0.6 is 15.9 Å². The van der Waals surface area contributed by atoms with Gasteiger partial charge in [0, 0.05) is 51.2 Å². The van der Waals surface area contributed by atoms with Gasteiger partial charge in [0.05, 0.1) is 6.20 Å². The van der Waals surface area contributed by atoms with Gasteiger partial charge in [-0.3, -0.25) is 4.98 Å². The van der Waals surface area contributed by atoms with Crippen LogP contribution in [-0.4, -0.2) is 19.7 Å². The third-order valence-corrected chi connectivity index (χ3v) is 4.15. The number of aromatic nitrogens is 4. The van der Waals surface area contributed by atoms with Gasteiger partial charge < -0.3 is 0 Å². The maximum absolute atomic E-state index is 4.52. The normalized spacial score (nSPS) is 11.0. The molecule has 0 amide bonds. The van der Waals surface area contributed by atoms with E-state index in [9.17, 15) is 0 Å². The van der Waals surface area contributed by atoms with Crippen LogP contribution in [0.5, 0.6) is 0 Å². The second-order valence-electron chi connectivity index (χ2n) is 4.89. The summed E-state index contributed by atoms with van der Waals surface area (Å²) in [5.74, 6) is 0.814. The van der Waals surface area contributed by atoms with Gasteiger partial charge in [-0.25, -0.2) is 9.67 Å². The summed E-state index contributed by atoms with van der Waals surface area (Å²) in [4.78, 5) is 8.67. The zero-order valence-electron chi connectivity index (χ0n) is 11.5. The highest BCUT2D eigenvalue weighted by Crippen LogP contribution is 2.27. The molecular formula is C17H11BrN4. The number of benzene rings is 1. The summed E-state index contributed by atoms with van der Waals surface area (Å²) in [5.41, 5.74) is 2.05.